The Hall–Kier alpha value is -0.520. The van der Waals surface area contributed by atoms with Gasteiger partial charge in [-0.1, -0.05) is 18.2 Å². The van der Waals surface area contributed by atoms with Crippen LogP contribution in [0.15, 0.2) is 34.2 Å². The van der Waals surface area contributed by atoms with Gasteiger partial charge in [0.2, 0.25) is 10.0 Å². The van der Waals surface area contributed by atoms with Crippen molar-refractivity contribution >= 4 is 51.7 Å². The molecule has 0 spiro atoms. The number of nitrogens with zero attached hydrogens (tertiary/aromatic N) is 2. The lowest BCUT2D eigenvalue weighted by Crippen LogP contribution is -2.50. The summed E-state index contributed by atoms with van der Waals surface area (Å²) in [4.78, 5) is 7.33. The maximum absolute atomic E-state index is 12.8. The van der Waals surface area contributed by atoms with E-state index in [1.54, 1.807) is 12.1 Å². The first-order valence-electron chi connectivity index (χ1n) is 9.73. The van der Waals surface area contributed by atoms with Crippen molar-refractivity contribution in [1.82, 2.24) is 14.9 Å². The predicted octanol–water partition coefficient (Wildman–Crippen LogP) is 3.67. The molecule has 1 aromatic carbocycles. The standard InChI is InChI=1S/C20H34N4O2S2.HI/c1-7-21-18(24-12-13-27-20(5,6)15-24)22-14-16-10-8-9-11-17(16)28(25,26)23-19(2,3)4;/h8-11,23H,7,12-15H2,1-6H3,(H,21,22);1H. The second-order valence-electron chi connectivity index (χ2n) is 8.66. The van der Waals surface area contributed by atoms with Crippen LogP contribution in [0.25, 0.3) is 0 Å². The highest BCUT2D eigenvalue weighted by atomic mass is 127. The maximum Gasteiger partial charge on any atom is 0.241 e. The minimum Gasteiger partial charge on any atom is -0.357 e. The zero-order valence-electron chi connectivity index (χ0n) is 18.3. The number of aliphatic imine (C=N–C) groups is 1. The summed E-state index contributed by atoms with van der Waals surface area (Å²) in [7, 11) is -3.61. The van der Waals surface area contributed by atoms with Gasteiger partial charge in [-0.3, -0.25) is 0 Å². The molecule has 0 saturated carbocycles. The Morgan fingerprint density at radius 3 is 2.52 bits per heavy atom. The third kappa shape index (κ3) is 8.26. The Balaban J connectivity index is 0.00000420. The fourth-order valence-corrected chi connectivity index (χ4v) is 5.90. The largest absolute Gasteiger partial charge is 0.357 e. The van der Waals surface area contributed by atoms with Crippen molar-refractivity contribution in [3.8, 4) is 0 Å². The third-order valence-corrected chi connectivity index (χ3v) is 7.32. The smallest absolute Gasteiger partial charge is 0.241 e. The number of benzene rings is 1. The number of nitrogens with one attached hydrogen (secondary N) is 2. The summed E-state index contributed by atoms with van der Waals surface area (Å²) in [6.45, 7) is 15.0. The molecule has 0 aromatic heterocycles. The van der Waals surface area contributed by atoms with Crippen molar-refractivity contribution in [3.63, 3.8) is 0 Å². The van der Waals surface area contributed by atoms with Crippen molar-refractivity contribution in [3.05, 3.63) is 29.8 Å². The number of sulfonamides is 1. The van der Waals surface area contributed by atoms with Crippen LogP contribution in [0.5, 0.6) is 0 Å². The van der Waals surface area contributed by atoms with Crippen LogP contribution in [0, 0.1) is 0 Å². The first-order chi connectivity index (χ1) is 12.9. The van der Waals surface area contributed by atoms with E-state index >= 15 is 0 Å². The van der Waals surface area contributed by atoms with Crippen LogP contribution in [-0.2, 0) is 16.6 Å². The maximum atomic E-state index is 12.8. The molecule has 2 rings (SSSR count). The molecule has 1 aliphatic rings. The van der Waals surface area contributed by atoms with E-state index in [-0.39, 0.29) is 28.7 Å². The molecule has 0 amide bonds. The first-order valence-corrected chi connectivity index (χ1v) is 12.2. The van der Waals surface area contributed by atoms with Crippen LogP contribution in [0.4, 0.5) is 0 Å². The minimum absolute atomic E-state index is 0. The number of halogens is 1. The van der Waals surface area contributed by atoms with E-state index in [0.717, 1.165) is 31.3 Å². The predicted molar refractivity (Wildman–Crippen MR) is 135 cm³/mol. The van der Waals surface area contributed by atoms with Crippen molar-refractivity contribution in [2.45, 2.75) is 63.3 Å². The Kier molecular flexibility index (Phi) is 9.76. The van der Waals surface area contributed by atoms with Crippen molar-refractivity contribution in [2.75, 3.05) is 25.4 Å². The van der Waals surface area contributed by atoms with E-state index in [1.165, 1.54) is 0 Å². The average Bonchev–Trinajstić information content (AvgIpc) is 2.56. The lowest BCUT2D eigenvalue weighted by molar-refractivity contribution is 0.375. The van der Waals surface area contributed by atoms with E-state index in [4.69, 9.17) is 4.99 Å². The van der Waals surface area contributed by atoms with E-state index in [1.807, 2.05) is 51.6 Å². The Morgan fingerprint density at radius 2 is 1.93 bits per heavy atom. The number of rotatable bonds is 5. The average molecular weight is 555 g/mol. The van der Waals surface area contributed by atoms with Crippen LogP contribution in [0.1, 0.15) is 47.1 Å². The summed E-state index contributed by atoms with van der Waals surface area (Å²) in [5.74, 6) is 1.89. The van der Waals surface area contributed by atoms with E-state index in [2.05, 4.69) is 28.8 Å². The highest BCUT2D eigenvalue weighted by Gasteiger charge is 2.29. The second kappa shape index (κ2) is 10.7. The number of hydrogen-bond donors (Lipinski definition) is 2. The zero-order valence-corrected chi connectivity index (χ0v) is 22.2. The summed E-state index contributed by atoms with van der Waals surface area (Å²) in [6.07, 6.45) is 0. The summed E-state index contributed by atoms with van der Waals surface area (Å²) < 4.78 is 28.6. The van der Waals surface area contributed by atoms with Gasteiger partial charge in [-0.2, -0.15) is 11.8 Å². The monoisotopic (exact) mass is 554 g/mol. The summed E-state index contributed by atoms with van der Waals surface area (Å²) in [5, 5.41) is 3.36. The van der Waals surface area contributed by atoms with Crippen LogP contribution >= 0.6 is 35.7 Å². The number of guanidine groups is 1. The molecule has 0 bridgehead atoms. The second-order valence-corrected chi connectivity index (χ2v) is 12.1. The Labute approximate surface area is 197 Å². The molecule has 166 valence electrons. The zero-order chi connectivity index (χ0) is 21.0. The first kappa shape index (κ1) is 26.5. The Morgan fingerprint density at radius 1 is 1.28 bits per heavy atom. The van der Waals surface area contributed by atoms with Crippen LogP contribution < -0.4 is 10.0 Å². The molecular weight excluding hydrogens is 519 g/mol. The van der Waals surface area contributed by atoms with Gasteiger partial charge >= 0.3 is 0 Å². The van der Waals surface area contributed by atoms with Crippen molar-refractivity contribution < 1.29 is 8.42 Å². The van der Waals surface area contributed by atoms with E-state index < -0.39 is 15.6 Å². The van der Waals surface area contributed by atoms with Crippen molar-refractivity contribution in [1.29, 1.82) is 0 Å². The van der Waals surface area contributed by atoms with Gasteiger partial charge in [0.1, 0.15) is 0 Å². The fourth-order valence-electron chi connectivity index (χ4n) is 3.14. The fraction of sp³-hybridized carbons (Fsp3) is 0.650. The van der Waals surface area contributed by atoms with Gasteiger partial charge in [-0.15, -0.1) is 24.0 Å². The highest BCUT2D eigenvalue weighted by Crippen LogP contribution is 2.29. The van der Waals surface area contributed by atoms with Gasteiger partial charge in [0.25, 0.3) is 0 Å². The molecule has 0 atom stereocenters. The molecule has 1 aromatic rings. The van der Waals surface area contributed by atoms with Gasteiger partial charge in [0.15, 0.2) is 5.96 Å². The molecule has 0 unspecified atom stereocenters. The molecule has 0 aliphatic carbocycles. The summed E-state index contributed by atoms with van der Waals surface area (Å²) in [6, 6.07) is 7.08. The van der Waals surface area contributed by atoms with Crippen LogP contribution in [-0.4, -0.2) is 55.0 Å². The topological polar surface area (TPSA) is 73.8 Å². The summed E-state index contributed by atoms with van der Waals surface area (Å²) in [5.41, 5.74) is 0.154. The van der Waals surface area contributed by atoms with Gasteiger partial charge in [0, 0.05) is 35.7 Å². The molecule has 6 nitrogen and oxygen atoms in total. The van der Waals surface area contributed by atoms with E-state index in [0.29, 0.717) is 17.0 Å². The van der Waals surface area contributed by atoms with Gasteiger partial charge in [-0.05, 0) is 53.2 Å². The molecule has 1 heterocycles. The normalized spacial score (nSPS) is 17.6. The van der Waals surface area contributed by atoms with Gasteiger partial charge < -0.3 is 10.2 Å². The van der Waals surface area contributed by atoms with Crippen LogP contribution in [0.3, 0.4) is 0 Å². The lowest BCUT2D eigenvalue weighted by atomic mass is 10.1. The highest BCUT2D eigenvalue weighted by molar-refractivity contribution is 14.0. The van der Waals surface area contributed by atoms with Gasteiger partial charge in [0.05, 0.1) is 11.4 Å². The van der Waals surface area contributed by atoms with Crippen LogP contribution in [0.2, 0.25) is 0 Å². The quantitative estimate of drug-likeness (QED) is 0.330. The minimum atomic E-state index is -3.61. The molecule has 29 heavy (non-hydrogen) atoms. The lowest BCUT2D eigenvalue weighted by Gasteiger charge is -2.39. The van der Waals surface area contributed by atoms with Crippen molar-refractivity contribution in [2.24, 2.45) is 4.99 Å². The molecule has 1 fully saturated rings. The SMILES string of the molecule is CCNC(=NCc1ccccc1S(=O)(=O)NC(C)(C)C)N1CCSC(C)(C)C1.I. The molecule has 0 radical (unpaired) electrons. The number of hydrogen-bond acceptors (Lipinski definition) is 4. The van der Waals surface area contributed by atoms with E-state index in [9.17, 15) is 8.42 Å². The van der Waals surface area contributed by atoms with Gasteiger partial charge in [-0.25, -0.2) is 18.1 Å². The molecular formula is C20H35IN4O2S2. The molecule has 9 heteroatoms. The number of thioether (sulfide) groups is 1. The summed E-state index contributed by atoms with van der Waals surface area (Å²) >= 11 is 1.97. The third-order valence-electron chi connectivity index (χ3n) is 4.16. The molecule has 2 N–H and O–H groups in total. The molecule has 1 aliphatic heterocycles. The Bertz CT molecular complexity index is 805. The molecule has 1 saturated heterocycles.